The van der Waals surface area contributed by atoms with Gasteiger partial charge in [0.25, 0.3) is 17.7 Å². The van der Waals surface area contributed by atoms with Gasteiger partial charge in [-0.2, -0.15) is 0 Å². The van der Waals surface area contributed by atoms with Crippen molar-refractivity contribution in [1.29, 1.82) is 0 Å². The smallest absolute Gasteiger partial charge is 0.322 e. The van der Waals surface area contributed by atoms with Crippen LogP contribution < -0.4 is 16.0 Å². The molecule has 2 saturated heterocycles. The summed E-state index contributed by atoms with van der Waals surface area (Å²) in [6.45, 7) is 4.56. The summed E-state index contributed by atoms with van der Waals surface area (Å²) in [7, 11) is 0. The summed E-state index contributed by atoms with van der Waals surface area (Å²) in [6, 6.07) is 13.7. The highest BCUT2D eigenvalue weighted by molar-refractivity contribution is 6.09. The molecular weight excluding hydrogens is 408 g/mol. The van der Waals surface area contributed by atoms with E-state index in [2.05, 4.69) is 16.0 Å². The van der Waals surface area contributed by atoms with Crippen LogP contribution in [0.1, 0.15) is 46.0 Å². The first-order valence-electron chi connectivity index (χ1n) is 10.7. The second-order valence-electron chi connectivity index (χ2n) is 8.55. The SMILES string of the molecule is Cc1cccc(C(=O)Nc2ccccc2C(=O)N2CCC(C3(C)NC(=O)NC3=O)CC2)c1. The molecule has 0 radical (unpaired) electrons. The van der Waals surface area contributed by atoms with E-state index < -0.39 is 11.6 Å². The lowest BCUT2D eigenvalue weighted by molar-refractivity contribution is -0.125. The summed E-state index contributed by atoms with van der Waals surface area (Å²) in [5.41, 5.74) is 1.43. The van der Waals surface area contributed by atoms with Crippen molar-refractivity contribution in [1.82, 2.24) is 15.5 Å². The van der Waals surface area contributed by atoms with Crippen molar-refractivity contribution in [3.8, 4) is 0 Å². The number of aryl methyl sites for hydroxylation is 1. The number of carbonyl (C=O) groups is 4. The number of rotatable bonds is 4. The Morgan fingerprint density at radius 1 is 1.06 bits per heavy atom. The molecule has 1 atom stereocenters. The van der Waals surface area contributed by atoms with Gasteiger partial charge in [0.1, 0.15) is 5.54 Å². The summed E-state index contributed by atoms with van der Waals surface area (Å²) < 4.78 is 0. The van der Waals surface area contributed by atoms with E-state index in [1.54, 1.807) is 48.2 Å². The van der Waals surface area contributed by atoms with E-state index >= 15 is 0 Å². The minimum atomic E-state index is -0.952. The van der Waals surface area contributed by atoms with Crippen molar-refractivity contribution in [3.05, 3.63) is 65.2 Å². The quantitative estimate of drug-likeness (QED) is 0.643. The summed E-state index contributed by atoms with van der Waals surface area (Å²) in [5, 5.41) is 7.88. The fraction of sp³-hybridized carbons (Fsp3) is 0.333. The molecule has 0 aromatic heterocycles. The Morgan fingerprint density at radius 2 is 1.78 bits per heavy atom. The van der Waals surface area contributed by atoms with Gasteiger partial charge >= 0.3 is 6.03 Å². The molecule has 2 fully saturated rings. The predicted molar refractivity (Wildman–Crippen MR) is 119 cm³/mol. The van der Waals surface area contributed by atoms with Crippen LogP contribution in [0.3, 0.4) is 0 Å². The number of nitrogens with one attached hydrogen (secondary N) is 3. The van der Waals surface area contributed by atoms with Gasteiger partial charge in [-0.05, 0) is 56.9 Å². The van der Waals surface area contributed by atoms with Crippen LogP contribution in [0.15, 0.2) is 48.5 Å². The lowest BCUT2D eigenvalue weighted by atomic mass is 9.79. The van der Waals surface area contributed by atoms with Gasteiger partial charge in [0.15, 0.2) is 0 Å². The first-order chi connectivity index (χ1) is 15.3. The van der Waals surface area contributed by atoms with Gasteiger partial charge in [-0.25, -0.2) is 4.79 Å². The lowest BCUT2D eigenvalue weighted by Gasteiger charge is -2.38. The van der Waals surface area contributed by atoms with Crippen LogP contribution in [0.5, 0.6) is 0 Å². The molecule has 2 aliphatic heterocycles. The zero-order valence-corrected chi connectivity index (χ0v) is 18.1. The molecule has 0 aliphatic carbocycles. The van der Waals surface area contributed by atoms with Crippen molar-refractivity contribution in [2.45, 2.75) is 32.2 Å². The number of urea groups is 1. The van der Waals surface area contributed by atoms with Crippen molar-refractivity contribution >= 4 is 29.4 Å². The summed E-state index contributed by atoms with van der Waals surface area (Å²) in [4.78, 5) is 51.4. The van der Waals surface area contributed by atoms with Crippen LogP contribution in [-0.2, 0) is 4.79 Å². The number of anilines is 1. The van der Waals surface area contributed by atoms with E-state index in [0.717, 1.165) is 5.56 Å². The number of likely N-dealkylation sites (tertiary alicyclic amines) is 1. The Kier molecular flexibility index (Phi) is 5.69. The van der Waals surface area contributed by atoms with Crippen molar-refractivity contribution in [2.75, 3.05) is 18.4 Å². The third kappa shape index (κ3) is 4.08. The topological polar surface area (TPSA) is 108 Å². The van der Waals surface area contributed by atoms with E-state index in [4.69, 9.17) is 0 Å². The van der Waals surface area contributed by atoms with Crippen molar-refractivity contribution in [3.63, 3.8) is 0 Å². The van der Waals surface area contributed by atoms with Gasteiger partial charge < -0.3 is 15.5 Å². The van der Waals surface area contributed by atoms with Crippen LogP contribution in [0.25, 0.3) is 0 Å². The molecule has 2 heterocycles. The third-order valence-electron chi connectivity index (χ3n) is 6.36. The van der Waals surface area contributed by atoms with Crippen molar-refractivity contribution in [2.24, 2.45) is 5.92 Å². The molecule has 0 bridgehead atoms. The highest BCUT2D eigenvalue weighted by atomic mass is 16.2. The first kappa shape index (κ1) is 21.5. The molecule has 8 nitrogen and oxygen atoms in total. The molecular formula is C24H26N4O4. The van der Waals surface area contributed by atoms with Gasteiger partial charge in [-0.15, -0.1) is 0 Å². The van der Waals surface area contributed by atoms with E-state index in [1.165, 1.54) is 0 Å². The minimum absolute atomic E-state index is 0.0609. The highest BCUT2D eigenvalue weighted by Gasteiger charge is 2.48. The molecule has 0 spiro atoms. The average Bonchev–Trinajstić information content (AvgIpc) is 3.06. The van der Waals surface area contributed by atoms with E-state index in [1.807, 2.05) is 19.1 Å². The third-order valence-corrected chi connectivity index (χ3v) is 6.36. The molecule has 32 heavy (non-hydrogen) atoms. The summed E-state index contributed by atoms with van der Waals surface area (Å²) in [5.74, 6) is -0.831. The molecule has 0 saturated carbocycles. The van der Waals surface area contributed by atoms with Crippen LogP contribution in [0.4, 0.5) is 10.5 Å². The lowest BCUT2D eigenvalue weighted by Crippen LogP contribution is -2.54. The molecule has 166 valence electrons. The maximum absolute atomic E-state index is 13.2. The number of hydrogen-bond acceptors (Lipinski definition) is 4. The Morgan fingerprint density at radius 3 is 2.44 bits per heavy atom. The molecule has 4 rings (SSSR count). The van der Waals surface area contributed by atoms with Crippen LogP contribution in [-0.4, -0.2) is 47.3 Å². The van der Waals surface area contributed by atoms with Gasteiger partial charge in [-0.3, -0.25) is 19.7 Å². The maximum atomic E-state index is 13.2. The number of para-hydroxylation sites is 1. The molecule has 2 aromatic rings. The standard InChI is InChI=1S/C24H26N4O4/c1-15-6-5-7-16(14-15)20(29)25-19-9-4-3-8-18(19)21(30)28-12-10-17(11-13-28)24(2)22(31)26-23(32)27-24/h3-9,14,17H,10-13H2,1-2H3,(H,25,29)(H2,26,27,31,32). The Bertz CT molecular complexity index is 1090. The summed E-state index contributed by atoms with van der Waals surface area (Å²) in [6.07, 6.45) is 1.18. The van der Waals surface area contributed by atoms with Gasteiger partial charge in [0, 0.05) is 18.7 Å². The Labute approximate surface area is 186 Å². The Hall–Kier alpha value is -3.68. The molecule has 5 amide bonds. The number of carbonyl (C=O) groups excluding carboxylic acids is 4. The number of benzene rings is 2. The second-order valence-corrected chi connectivity index (χ2v) is 8.55. The predicted octanol–water partition coefficient (Wildman–Crippen LogP) is 2.70. The fourth-order valence-electron chi connectivity index (χ4n) is 4.43. The van der Waals surface area contributed by atoms with E-state index in [-0.39, 0.29) is 23.6 Å². The Balaban J connectivity index is 1.45. The van der Waals surface area contributed by atoms with Gasteiger partial charge in [0.05, 0.1) is 11.3 Å². The number of piperidine rings is 1. The molecule has 2 aromatic carbocycles. The normalized spacial score (nSPS) is 21.1. The zero-order chi connectivity index (χ0) is 22.9. The summed E-state index contributed by atoms with van der Waals surface area (Å²) >= 11 is 0. The van der Waals surface area contributed by atoms with E-state index in [9.17, 15) is 19.2 Å². The van der Waals surface area contributed by atoms with Crippen LogP contribution >= 0.6 is 0 Å². The molecule has 8 heteroatoms. The van der Waals surface area contributed by atoms with Gasteiger partial charge in [-0.1, -0.05) is 29.8 Å². The second kappa shape index (κ2) is 8.45. The van der Waals surface area contributed by atoms with Crippen molar-refractivity contribution < 1.29 is 19.2 Å². The maximum Gasteiger partial charge on any atom is 0.322 e. The molecule has 1 unspecified atom stereocenters. The molecule has 3 N–H and O–H groups in total. The van der Waals surface area contributed by atoms with Crippen LogP contribution in [0.2, 0.25) is 0 Å². The largest absolute Gasteiger partial charge is 0.339 e. The number of amides is 5. The number of nitrogens with zero attached hydrogens (tertiary/aromatic N) is 1. The average molecular weight is 434 g/mol. The first-order valence-corrected chi connectivity index (χ1v) is 10.7. The van der Waals surface area contributed by atoms with Crippen LogP contribution in [0, 0.1) is 12.8 Å². The van der Waals surface area contributed by atoms with Gasteiger partial charge in [0.2, 0.25) is 0 Å². The minimum Gasteiger partial charge on any atom is -0.339 e. The fourth-order valence-corrected chi connectivity index (χ4v) is 4.43. The highest BCUT2D eigenvalue weighted by Crippen LogP contribution is 2.31. The number of hydrogen-bond donors (Lipinski definition) is 3. The zero-order valence-electron chi connectivity index (χ0n) is 18.1. The van der Waals surface area contributed by atoms with E-state index in [0.29, 0.717) is 42.7 Å². The monoisotopic (exact) mass is 434 g/mol. The molecule has 2 aliphatic rings. The number of imide groups is 1.